The molecule has 1 aromatic carbocycles. The van der Waals surface area contributed by atoms with Gasteiger partial charge in [0.25, 0.3) is 0 Å². The average molecular weight is 344 g/mol. The minimum Gasteiger partial charge on any atom is -0.493 e. The van der Waals surface area contributed by atoms with Gasteiger partial charge in [0.15, 0.2) is 11.5 Å². The molecule has 1 rings (SSSR count). The highest BCUT2D eigenvalue weighted by molar-refractivity contribution is 7.92. The lowest BCUT2D eigenvalue weighted by Gasteiger charge is -2.23. The fourth-order valence-corrected chi connectivity index (χ4v) is 2.78. The lowest BCUT2D eigenvalue weighted by Crippen LogP contribution is -2.43. The number of methoxy groups -OCH3 is 2. The van der Waals surface area contributed by atoms with Gasteiger partial charge >= 0.3 is 0 Å². The van der Waals surface area contributed by atoms with Crippen molar-refractivity contribution >= 4 is 21.6 Å². The van der Waals surface area contributed by atoms with Crippen LogP contribution in [-0.2, 0) is 14.8 Å². The first kappa shape index (κ1) is 19.1. The standard InChI is InChI=1S/C15H24N2O5S/c1-6-11(2)16-15(18)10-17(23(5,19)20)12-7-8-13(21-3)14(9-12)22-4/h7-9,11H,6,10H2,1-5H3,(H,16,18). The third-order valence-electron chi connectivity index (χ3n) is 3.36. The maximum Gasteiger partial charge on any atom is 0.240 e. The van der Waals surface area contributed by atoms with Gasteiger partial charge in [-0.1, -0.05) is 6.92 Å². The van der Waals surface area contributed by atoms with Crippen LogP contribution in [0.2, 0.25) is 0 Å². The molecule has 0 heterocycles. The molecule has 0 bridgehead atoms. The van der Waals surface area contributed by atoms with E-state index in [2.05, 4.69) is 5.32 Å². The number of hydrogen-bond donors (Lipinski definition) is 1. The highest BCUT2D eigenvalue weighted by Gasteiger charge is 2.22. The summed E-state index contributed by atoms with van der Waals surface area (Å²) in [7, 11) is -0.672. The summed E-state index contributed by atoms with van der Waals surface area (Å²) in [4.78, 5) is 12.0. The fraction of sp³-hybridized carbons (Fsp3) is 0.533. The molecule has 23 heavy (non-hydrogen) atoms. The number of carbonyl (C=O) groups excluding carboxylic acids is 1. The molecule has 8 heteroatoms. The minimum absolute atomic E-state index is 0.0192. The molecule has 0 fully saturated rings. The zero-order valence-corrected chi connectivity index (χ0v) is 14.9. The van der Waals surface area contributed by atoms with Gasteiger partial charge in [-0.3, -0.25) is 9.10 Å². The van der Waals surface area contributed by atoms with Crippen LogP contribution >= 0.6 is 0 Å². The summed E-state index contributed by atoms with van der Waals surface area (Å²) in [5.41, 5.74) is 0.337. The SMILES string of the molecule is CCC(C)NC(=O)CN(c1ccc(OC)c(OC)c1)S(C)(=O)=O. The van der Waals surface area contributed by atoms with Gasteiger partial charge in [-0.2, -0.15) is 0 Å². The van der Waals surface area contributed by atoms with Crippen LogP contribution in [0.4, 0.5) is 5.69 Å². The van der Waals surface area contributed by atoms with E-state index in [1.165, 1.54) is 20.3 Å². The van der Waals surface area contributed by atoms with Crippen LogP contribution in [-0.4, -0.2) is 47.4 Å². The molecule has 0 saturated heterocycles. The fourth-order valence-electron chi connectivity index (χ4n) is 1.93. The number of anilines is 1. The Kier molecular flexibility index (Phi) is 6.68. The van der Waals surface area contributed by atoms with Crippen LogP contribution in [0.5, 0.6) is 11.5 Å². The summed E-state index contributed by atoms with van der Waals surface area (Å²) in [6.45, 7) is 3.51. The number of sulfonamides is 1. The molecule has 1 atom stereocenters. The largest absolute Gasteiger partial charge is 0.493 e. The van der Waals surface area contributed by atoms with E-state index in [9.17, 15) is 13.2 Å². The smallest absolute Gasteiger partial charge is 0.240 e. The van der Waals surface area contributed by atoms with Gasteiger partial charge in [0.05, 0.1) is 26.2 Å². The van der Waals surface area contributed by atoms with E-state index >= 15 is 0 Å². The predicted molar refractivity (Wildman–Crippen MR) is 89.6 cm³/mol. The quantitative estimate of drug-likeness (QED) is 0.770. The van der Waals surface area contributed by atoms with Gasteiger partial charge < -0.3 is 14.8 Å². The number of carbonyl (C=O) groups is 1. The van der Waals surface area contributed by atoms with E-state index in [4.69, 9.17) is 9.47 Å². The Morgan fingerprint density at radius 1 is 1.26 bits per heavy atom. The van der Waals surface area contributed by atoms with Crippen LogP contribution in [0.1, 0.15) is 20.3 Å². The Balaban J connectivity index is 3.11. The van der Waals surface area contributed by atoms with Gasteiger partial charge in [0.2, 0.25) is 15.9 Å². The second kappa shape index (κ2) is 8.05. The van der Waals surface area contributed by atoms with Gasteiger partial charge in [-0.15, -0.1) is 0 Å². The molecule has 0 aliphatic carbocycles. The van der Waals surface area contributed by atoms with E-state index < -0.39 is 10.0 Å². The summed E-state index contributed by atoms with van der Waals surface area (Å²) in [5.74, 6) is 0.509. The molecule has 0 spiro atoms. The van der Waals surface area contributed by atoms with Crippen molar-refractivity contribution in [2.45, 2.75) is 26.3 Å². The van der Waals surface area contributed by atoms with E-state index in [-0.39, 0.29) is 18.5 Å². The number of hydrogen-bond acceptors (Lipinski definition) is 5. The second-order valence-electron chi connectivity index (χ2n) is 5.19. The van der Waals surface area contributed by atoms with Crippen LogP contribution in [0.25, 0.3) is 0 Å². The lowest BCUT2D eigenvalue weighted by atomic mass is 10.2. The molecule has 1 aromatic rings. The van der Waals surface area contributed by atoms with Gasteiger partial charge in [0.1, 0.15) is 6.54 Å². The number of benzene rings is 1. The van der Waals surface area contributed by atoms with Crippen LogP contribution in [0, 0.1) is 0 Å². The van der Waals surface area contributed by atoms with E-state index in [1.807, 2.05) is 13.8 Å². The summed E-state index contributed by atoms with van der Waals surface area (Å²) in [6, 6.07) is 4.67. The molecule has 0 aromatic heterocycles. The Morgan fingerprint density at radius 3 is 2.35 bits per heavy atom. The van der Waals surface area contributed by atoms with Crippen LogP contribution in [0.15, 0.2) is 18.2 Å². The van der Waals surface area contributed by atoms with E-state index in [0.29, 0.717) is 17.2 Å². The normalized spacial score (nSPS) is 12.4. The van der Waals surface area contributed by atoms with Crippen molar-refractivity contribution in [1.82, 2.24) is 5.32 Å². The topological polar surface area (TPSA) is 84.9 Å². The van der Waals surface area contributed by atoms with Crippen molar-refractivity contribution in [3.8, 4) is 11.5 Å². The molecule has 0 saturated carbocycles. The highest BCUT2D eigenvalue weighted by atomic mass is 32.2. The molecule has 7 nitrogen and oxygen atoms in total. The molecule has 1 amide bonds. The average Bonchev–Trinajstić information content (AvgIpc) is 2.50. The first-order valence-electron chi connectivity index (χ1n) is 7.22. The third-order valence-corrected chi connectivity index (χ3v) is 4.50. The van der Waals surface area contributed by atoms with Gasteiger partial charge in [-0.25, -0.2) is 8.42 Å². The van der Waals surface area contributed by atoms with Crippen molar-refractivity contribution in [2.24, 2.45) is 0 Å². The zero-order valence-electron chi connectivity index (χ0n) is 14.1. The maximum atomic E-state index is 12.1. The number of ether oxygens (including phenoxy) is 2. The Morgan fingerprint density at radius 2 is 1.87 bits per heavy atom. The van der Waals surface area contributed by atoms with Crippen molar-refractivity contribution in [3.63, 3.8) is 0 Å². The molecule has 0 aliphatic rings. The lowest BCUT2D eigenvalue weighted by molar-refractivity contribution is -0.120. The van der Waals surface area contributed by atoms with Crippen molar-refractivity contribution in [1.29, 1.82) is 0 Å². The summed E-state index contributed by atoms with van der Waals surface area (Å²) >= 11 is 0. The monoisotopic (exact) mass is 344 g/mol. The molecular formula is C15H24N2O5S. The number of amides is 1. The molecule has 130 valence electrons. The minimum atomic E-state index is -3.62. The number of nitrogens with zero attached hydrogens (tertiary/aromatic N) is 1. The molecule has 1 N–H and O–H groups in total. The molecular weight excluding hydrogens is 320 g/mol. The van der Waals surface area contributed by atoms with Crippen molar-refractivity contribution in [2.75, 3.05) is 31.3 Å². The first-order chi connectivity index (χ1) is 10.7. The van der Waals surface area contributed by atoms with Gasteiger partial charge in [0, 0.05) is 12.1 Å². The summed E-state index contributed by atoms with van der Waals surface area (Å²) in [6.07, 6.45) is 1.82. The van der Waals surface area contributed by atoms with Gasteiger partial charge in [-0.05, 0) is 25.5 Å². The van der Waals surface area contributed by atoms with Crippen LogP contribution < -0.4 is 19.1 Å². The Bertz CT molecular complexity index is 645. The maximum absolute atomic E-state index is 12.1. The van der Waals surface area contributed by atoms with Crippen molar-refractivity contribution in [3.05, 3.63) is 18.2 Å². The first-order valence-corrected chi connectivity index (χ1v) is 9.06. The van der Waals surface area contributed by atoms with Crippen LogP contribution in [0.3, 0.4) is 0 Å². The number of nitrogens with one attached hydrogen (secondary N) is 1. The Labute approximate surface area is 137 Å². The molecule has 1 unspecified atom stereocenters. The van der Waals surface area contributed by atoms with E-state index in [0.717, 1.165) is 17.0 Å². The number of rotatable bonds is 8. The summed E-state index contributed by atoms with van der Waals surface area (Å²) in [5, 5.41) is 2.75. The highest BCUT2D eigenvalue weighted by Crippen LogP contribution is 2.32. The predicted octanol–water partition coefficient (Wildman–Crippen LogP) is 1.38. The zero-order chi connectivity index (χ0) is 17.6. The van der Waals surface area contributed by atoms with E-state index in [1.54, 1.807) is 12.1 Å². The third kappa shape index (κ3) is 5.31. The summed E-state index contributed by atoms with van der Waals surface area (Å²) < 4.78 is 35.4. The second-order valence-corrected chi connectivity index (χ2v) is 7.09. The molecule has 0 radical (unpaired) electrons. The Hall–Kier alpha value is -1.96. The molecule has 0 aliphatic heterocycles. The van der Waals surface area contributed by atoms with Crippen molar-refractivity contribution < 1.29 is 22.7 Å².